The van der Waals surface area contributed by atoms with Crippen molar-refractivity contribution in [2.45, 2.75) is 38.9 Å². The van der Waals surface area contributed by atoms with Crippen molar-refractivity contribution >= 4 is 28.7 Å². The number of amides is 2. The van der Waals surface area contributed by atoms with Gasteiger partial charge >= 0.3 is 0 Å². The highest BCUT2D eigenvalue weighted by Gasteiger charge is 2.03. The summed E-state index contributed by atoms with van der Waals surface area (Å²) in [6.45, 7) is 4.19. The largest absolute Gasteiger partial charge is 0.356 e. The van der Waals surface area contributed by atoms with Crippen LogP contribution < -0.4 is 10.6 Å². The number of carbonyl (C=O) groups is 3. The van der Waals surface area contributed by atoms with Crippen LogP contribution in [0.5, 0.6) is 0 Å². The molecule has 0 unspecified atom stereocenters. The topological polar surface area (TPSA) is 75.3 Å². The van der Waals surface area contributed by atoms with Crippen molar-refractivity contribution in [1.82, 2.24) is 10.6 Å². The maximum absolute atomic E-state index is 11.7. The van der Waals surface area contributed by atoms with Gasteiger partial charge in [0.15, 0.2) is 5.12 Å². The fourth-order valence-corrected chi connectivity index (χ4v) is 2.48. The van der Waals surface area contributed by atoms with Gasteiger partial charge in [0.25, 0.3) is 0 Å². The van der Waals surface area contributed by atoms with E-state index in [1.54, 1.807) is 6.92 Å². The summed E-state index contributed by atoms with van der Waals surface area (Å²) in [6, 6.07) is 7.99. The minimum atomic E-state index is -0.0542. The summed E-state index contributed by atoms with van der Waals surface area (Å²) < 4.78 is 0. The molecule has 2 amide bonds. The Kier molecular flexibility index (Phi) is 9.05. The maximum Gasteiger partial charge on any atom is 0.220 e. The number of benzene rings is 1. The van der Waals surface area contributed by atoms with Crippen LogP contribution >= 0.6 is 11.8 Å². The van der Waals surface area contributed by atoms with Gasteiger partial charge in [0.2, 0.25) is 11.8 Å². The second kappa shape index (κ2) is 10.8. The molecule has 2 N–H and O–H groups in total. The molecule has 0 aliphatic carbocycles. The van der Waals surface area contributed by atoms with Crippen molar-refractivity contribution in [3.63, 3.8) is 0 Å². The van der Waals surface area contributed by atoms with Gasteiger partial charge in [-0.15, -0.1) is 0 Å². The Morgan fingerprint density at radius 2 is 1.57 bits per heavy atom. The van der Waals surface area contributed by atoms with E-state index < -0.39 is 0 Å². The predicted molar refractivity (Wildman–Crippen MR) is 93.0 cm³/mol. The minimum Gasteiger partial charge on any atom is -0.356 e. The predicted octanol–water partition coefficient (Wildman–Crippen LogP) is 2.04. The molecule has 0 aromatic heterocycles. The van der Waals surface area contributed by atoms with Crippen LogP contribution in [0, 0.1) is 0 Å². The summed E-state index contributed by atoms with van der Waals surface area (Å²) >= 11 is 1.29. The van der Waals surface area contributed by atoms with Gasteiger partial charge in [-0.2, -0.15) is 0 Å². The standard InChI is InChI=1S/C17H24N2O3S/c1-13(20)18-10-3-11-19-17(22)9-8-15-4-6-16(7-5-15)12-23-14(2)21/h4-7H,3,8-12H2,1-2H3,(H,18,20)(H,19,22). The first kappa shape index (κ1) is 19.2. The number of rotatable bonds is 9. The third-order valence-corrected chi connectivity index (χ3v) is 4.04. The SMILES string of the molecule is CC(=O)NCCCNC(=O)CCc1ccc(CSC(C)=O)cc1. The number of nitrogens with one attached hydrogen (secondary N) is 2. The Morgan fingerprint density at radius 3 is 2.17 bits per heavy atom. The molecular weight excluding hydrogens is 312 g/mol. The highest BCUT2D eigenvalue weighted by atomic mass is 32.2. The number of hydrogen-bond donors (Lipinski definition) is 2. The molecule has 0 fully saturated rings. The quantitative estimate of drug-likeness (QED) is 0.677. The molecule has 23 heavy (non-hydrogen) atoms. The molecule has 0 bridgehead atoms. The van der Waals surface area contributed by atoms with Crippen molar-refractivity contribution in [3.8, 4) is 0 Å². The number of aryl methyl sites for hydroxylation is 1. The third-order valence-electron chi connectivity index (χ3n) is 3.16. The molecule has 0 saturated carbocycles. The van der Waals surface area contributed by atoms with Gasteiger partial charge in [-0.25, -0.2) is 0 Å². The van der Waals surface area contributed by atoms with Gasteiger partial charge in [0.05, 0.1) is 0 Å². The van der Waals surface area contributed by atoms with E-state index in [4.69, 9.17) is 0 Å². The van der Waals surface area contributed by atoms with Crippen LogP contribution in [0.2, 0.25) is 0 Å². The Morgan fingerprint density at radius 1 is 0.957 bits per heavy atom. The number of carbonyl (C=O) groups excluding carboxylic acids is 3. The van der Waals surface area contributed by atoms with Crippen molar-refractivity contribution in [2.24, 2.45) is 0 Å². The van der Waals surface area contributed by atoms with Gasteiger partial charge in [0, 0.05) is 39.1 Å². The molecule has 6 heteroatoms. The lowest BCUT2D eigenvalue weighted by molar-refractivity contribution is -0.121. The number of thioether (sulfide) groups is 1. The fraction of sp³-hybridized carbons (Fsp3) is 0.471. The van der Waals surface area contributed by atoms with E-state index in [-0.39, 0.29) is 16.9 Å². The molecule has 1 aromatic carbocycles. The highest BCUT2D eigenvalue weighted by Crippen LogP contribution is 2.14. The average molecular weight is 336 g/mol. The second-order valence-corrected chi connectivity index (χ2v) is 6.44. The first-order valence-electron chi connectivity index (χ1n) is 7.69. The van der Waals surface area contributed by atoms with E-state index >= 15 is 0 Å². The molecule has 126 valence electrons. The molecule has 0 spiro atoms. The fourth-order valence-electron chi connectivity index (χ4n) is 1.91. The van der Waals surface area contributed by atoms with Crippen LogP contribution in [0.15, 0.2) is 24.3 Å². The Labute approximate surface area is 141 Å². The normalized spacial score (nSPS) is 10.2. The molecule has 0 saturated heterocycles. The maximum atomic E-state index is 11.7. The van der Waals surface area contributed by atoms with Crippen molar-refractivity contribution in [2.75, 3.05) is 13.1 Å². The molecular formula is C17H24N2O3S. The van der Waals surface area contributed by atoms with Crippen molar-refractivity contribution < 1.29 is 14.4 Å². The second-order valence-electron chi connectivity index (χ2n) is 5.28. The number of hydrogen-bond acceptors (Lipinski definition) is 4. The lowest BCUT2D eigenvalue weighted by Crippen LogP contribution is -2.28. The van der Waals surface area contributed by atoms with E-state index in [0.717, 1.165) is 17.5 Å². The van der Waals surface area contributed by atoms with Crippen LogP contribution in [0.4, 0.5) is 0 Å². The van der Waals surface area contributed by atoms with E-state index in [1.807, 2.05) is 24.3 Å². The van der Waals surface area contributed by atoms with E-state index in [0.29, 0.717) is 31.7 Å². The van der Waals surface area contributed by atoms with E-state index in [9.17, 15) is 14.4 Å². The zero-order chi connectivity index (χ0) is 17.1. The van der Waals surface area contributed by atoms with Gasteiger partial charge in [-0.1, -0.05) is 36.0 Å². The molecule has 1 rings (SSSR count). The summed E-state index contributed by atoms with van der Waals surface area (Å²) in [4.78, 5) is 33.3. The summed E-state index contributed by atoms with van der Waals surface area (Å²) in [5.74, 6) is 0.648. The zero-order valence-corrected chi connectivity index (χ0v) is 14.5. The molecule has 0 radical (unpaired) electrons. The summed E-state index contributed by atoms with van der Waals surface area (Å²) in [5.41, 5.74) is 2.21. The molecule has 0 aliphatic rings. The summed E-state index contributed by atoms with van der Waals surface area (Å²) in [7, 11) is 0. The highest BCUT2D eigenvalue weighted by molar-refractivity contribution is 8.12. The van der Waals surface area contributed by atoms with E-state index in [1.165, 1.54) is 18.7 Å². The summed E-state index contributed by atoms with van der Waals surface area (Å²) in [6.07, 6.45) is 1.87. The summed E-state index contributed by atoms with van der Waals surface area (Å²) in [5, 5.41) is 5.64. The monoisotopic (exact) mass is 336 g/mol. The lowest BCUT2D eigenvalue weighted by Gasteiger charge is -2.06. The van der Waals surface area contributed by atoms with Crippen molar-refractivity contribution in [1.29, 1.82) is 0 Å². The van der Waals surface area contributed by atoms with Crippen LogP contribution in [-0.2, 0) is 26.6 Å². The molecule has 5 nitrogen and oxygen atoms in total. The third kappa shape index (κ3) is 9.73. The minimum absolute atomic E-state index is 0.0176. The smallest absolute Gasteiger partial charge is 0.220 e. The molecule has 0 heterocycles. The zero-order valence-electron chi connectivity index (χ0n) is 13.7. The van der Waals surface area contributed by atoms with Gasteiger partial charge < -0.3 is 10.6 Å². The van der Waals surface area contributed by atoms with Gasteiger partial charge in [-0.3, -0.25) is 14.4 Å². The van der Waals surface area contributed by atoms with Gasteiger partial charge in [-0.05, 0) is 24.0 Å². The lowest BCUT2D eigenvalue weighted by atomic mass is 10.1. The first-order valence-corrected chi connectivity index (χ1v) is 8.68. The van der Waals surface area contributed by atoms with Crippen molar-refractivity contribution in [3.05, 3.63) is 35.4 Å². The first-order chi connectivity index (χ1) is 11.0. The molecule has 0 aliphatic heterocycles. The van der Waals surface area contributed by atoms with Crippen LogP contribution in [0.1, 0.15) is 37.8 Å². The van der Waals surface area contributed by atoms with Crippen LogP contribution in [0.25, 0.3) is 0 Å². The molecule has 1 aromatic rings. The van der Waals surface area contributed by atoms with E-state index in [2.05, 4.69) is 10.6 Å². The van der Waals surface area contributed by atoms with Crippen LogP contribution in [0.3, 0.4) is 0 Å². The van der Waals surface area contributed by atoms with Gasteiger partial charge in [0.1, 0.15) is 0 Å². The Balaban J connectivity index is 2.20. The van der Waals surface area contributed by atoms with Crippen LogP contribution in [-0.4, -0.2) is 30.0 Å². The Hall–Kier alpha value is -1.82. The Bertz CT molecular complexity index is 529. The average Bonchev–Trinajstić information content (AvgIpc) is 2.51. The molecule has 0 atom stereocenters.